The molecule has 46 heavy (non-hydrogen) atoms. The Labute approximate surface area is 280 Å². The van der Waals surface area contributed by atoms with Crippen molar-refractivity contribution in [1.29, 1.82) is 0 Å². The van der Waals surface area contributed by atoms with Gasteiger partial charge in [-0.3, -0.25) is 0 Å². The SMILES string of the molecule is CCCCCCC1CCC(c2ccc(C(CC)c3ccc(N)cc3C)cc2)(c2ccc(C(CC)c3ccc(N)cc3C)cc2)CC1. The zero-order valence-electron chi connectivity index (χ0n) is 29.2. The summed E-state index contributed by atoms with van der Waals surface area (Å²) in [5.74, 6) is 1.62. The second kappa shape index (κ2) is 15.4. The van der Waals surface area contributed by atoms with Crippen molar-refractivity contribution in [2.75, 3.05) is 11.5 Å². The van der Waals surface area contributed by atoms with Gasteiger partial charge in [-0.25, -0.2) is 0 Å². The average molecular weight is 615 g/mol. The Bertz CT molecular complexity index is 1440. The molecule has 0 aliphatic heterocycles. The van der Waals surface area contributed by atoms with E-state index < -0.39 is 0 Å². The third-order valence-electron chi connectivity index (χ3n) is 11.3. The Kier molecular flexibility index (Phi) is 11.3. The van der Waals surface area contributed by atoms with Gasteiger partial charge in [0.1, 0.15) is 0 Å². The highest BCUT2D eigenvalue weighted by Crippen LogP contribution is 2.48. The minimum Gasteiger partial charge on any atom is -0.399 e. The third-order valence-corrected chi connectivity index (χ3v) is 11.3. The number of aryl methyl sites for hydroxylation is 2. The molecule has 0 aromatic heterocycles. The highest BCUT2D eigenvalue weighted by Gasteiger charge is 2.38. The maximum absolute atomic E-state index is 6.10. The fourth-order valence-electron chi connectivity index (χ4n) is 8.58. The van der Waals surface area contributed by atoms with Crippen LogP contribution in [0.1, 0.15) is 148 Å². The van der Waals surface area contributed by atoms with Gasteiger partial charge in [0.05, 0.1) is 0 Å². The van der Waals surface area contributed by atoms with Gasteiger partial charge in [0, 0.05) is 28.6 Å². The van der Waals surface area contributed by atoms with Crippen LogP contribution in [0, 0.1) is 19.8 Å². The Morgan fingerprint density at radius 2 is 1.07 bits per heavy atom. The van der Waals surface area contributed by atoms with Crippen molar-refractivity contribution < 1.29 is 0 Å². The molecule has 2 atom stereocenters. The molecule has 0 saturated heterocycles. The van der Waals surface area contributed by atoms with Crippen LogP contribution in [0.2, 0.25) is 0 Å². The van der Waals surface area contributed by atoms with Crippen LogP contribution >= 0.6 is 0 Å². The molecule has 4 aromatic rings. The van der Waals surface area contributed by atoms with E-state index in [-0.39, 0.29) is 5.41 Å². The molecular weight excluding hydrogens is 556 g/mol. The summed E-state index contributed by atoms with van der Waals surface area (Å²) in [5.41, 5.74) is 25.1. The molecule has 2 heteroatoms. The average Bonchev–Trinajstić information content (AvgIpc) is 3.06. The van der Waals surface area contributed by atoms with E-state index >= 15 is 0 Å². The Balaban J connectivity index is 1.45. The second-order valence-electron chi connectivity index (χ2n) is 14.3. The first kappa shape index (κ1) is 33.8. The first-order chi connectivity index (χ1) is 22.3. The predicted molar refractivity (Wildman–Crippen MR) is 200 cm³/mol. The van der Waals surface area contributed by atoms with Crippen molar-refractivity contribution in [2.45, 2.75) is 122 Å². The van der Waals surface area contributed by atoms with Crippen LogP contribution < -0.4 is 11.5 Å². The summed E-state index contributed by atoms with van der Waals surface area (Å²) in [7, 11) is 0. The summed E-state index contributed by atoms with van der Waals surface area (Å²) < 4.78 is 0. The van der Waals surface area contributed by atoms with Crippen molar-refractivity contribution in [3.8, 4) is 0 Å². The molecular formula is C44H58N2. The zero-order valence-corrected chi connectivity index (χ0v) is 29.2. The predicted octanol–water partition coefficient (Wildman–Crippen LogP) is 12.0. The number of anilines is 2. The highest BCUT2D eigenvalue weighted by molar-refractivity contribution is 5.50. The van der Waals surface area contributed by atoms with E-state index in [1.807, 2.05) is 0 Å². The van der Waals surface area contributed by atoms with Gasteiger partial charge in [0.15, 0.2) is 0 Å². The van der Waals surface area contributed by atoms with Crippen LogP contribution in [-0.4, -0.2) is 0 Å². The number of hydrogen-bond acceptors (Lipinski definition) is 2. The van der Waals surface area contributed by atoms with E-state index in [4.69, 9.17) is 11.5 Å². The highest BCUT2D eigenvalue weighted by atomic mass is 14.5. The van der Waals surface area contributed by atoms with Crippen LogP contribution in [0.25, 0.3) is 0 Å². The van der Waals surface area contributed by atoms with Crippen LogP contribution in [0.3, 0.4) is 0 Å². The fraction of sp³-hybridized carbons (Fsp3) is 0.455. The van der Waals surface area contributed by atoms with Crippen LogP contribution in [0.15, 0.2) is 84.9 Å². The maximum Gasteiger partial charge on any atom is 0.0316 e. The van der Waals surface area contributed by atoms with Gasteiger partial charge in [0.25, 0.3) is 0 Å². The van der Waals surface area contributed by atoms with E-state index in [9.17, 15) is 0 Å². The number of nitrogen functional groups attached to an aromatic ring is 2. The monoisotopic (exact) mass is 614 g/mol. The second-order valence-corrected chi connectivity index (χ2v) is 14.3. The lowest BCUT2D eigenvalue weighted by Gasteiger charge is -2.42. The number of nitrogens with two attached hydrogens (primary N) is 2. The first-order valence-corrected chi connectivity index (χ1v) is 18.2. The molecule has 2 unspecified atom stereocenters. The van der Waals surface area contributed by atoms with Gasteiger partial charge in [0.2, 0.25) is 0 Å². The Hall–Kier alpha value is -3.52. The molecule has 1 fully saturated rings. The molecule has 0 amide bonds. The molecule has 0 heterocycles. The maximum atomic E-state index is 6.10. The van der Waals surface area contributed by atoms with E-state index in [0.29, 0.717) is 11.8 Å². The number of unbranched alkanes of at least 4 members (excludes halogenated alkanes) is 3. The summed E-state index contributed by atoms with van der Waals surface area (Å²) in [4.78, 5) is 0. The minimum atomic E-state index is 0.0641. The lowest BCUT2D eigenvalue weighted by atomic mass is 9.62. The van der Waals surface area contributed by atoms with E-state index in [1.54, 1.807) is 0 Å². The molecule has 5 rings (SSSR count). The fourth-order valence-corrected chi connectivity index (χ4v) is 8.58. The lowest BCUT2D eigenvalue weighted by Crippen LogP contribution is -2.33. The summed E-state index contributed by atoms with van der Waals surface area (Å²) in [6.45, 7) is 11.3. The normalized spacial score (nSPS) is 19.5. The molecule has 1 aliphatic rings. The summed E-state index contributed by atoms with van der Waals surface area (Å²) >= 11 is 0. The molecule has 244 valence electrons. The van der Waals surface area contributed by atoms with Crippen molar-refractivity contribution in [3.05, 3.63) is 129 Å². The first-order valence-electron chi connectivity index (χ1n) is 18.2. The number of hydrogen-bond donors (Lipinski definition) is 2. The van der Waals surface area contributed by atoms with Gasteiger partial charge in [-0.15, -0.1) is 0 Å². The number of rotatable bonds is 13. The number of benzene rings is 4. The lowest BCUT2D eigenvalue weighted by molar-refractivity contribution is 0.250. The smallest absolute Gasteiger partial charge is 0.0316 e. The van der Waals surface area contributed by atoms with Gasteiger partial charge in [-0.05, 0) is 127 Å². The molecule has 0 bridgehead atoms. The molecule has 4 aromatic carbocycles. The molecule has 0 spiro atoms. The van der Waals surface area contributed by atoms with Crippen LogP contribution in [-0.2, 0) is 5.41 Å². The van der Waals surface area contributed by atoms with Crippen molar-refractivity contribution >= 4 is 11.4 Å². The van der Waals surface area contributed by atoms with Gasteiger partial charge < -0.3 is 11.5 Å². The molecule has 2 nitrogen and oxygen atoms in total. The van der Waals surface area contributed by atoms with Gasteiger partial charge >= 0.3 is 0 Å². The summed E-state index contributed by atoms with van der Waals surface area (Å²) in [5, 5.41) is 0. The minimum absolute atomic E-state index is 0.0641. The standard InChI is InChI=1S/C44H58N2/c1-6-9-10-11-12-33-25-27-44(28-26-33,36-17-13-34(14-18-36)40(7-2)42-23-21-38(45)29-31(42)4)37-19-15-35(16-20-37)41(8-3)43-24-22-39(46)30-32(43)5/h13-24,29-30,33,40-41H,6-12,25-28,45-46H2,1-5H3. The van der Waals surface area contributed by atoms with E-state index in [1.165, 1.54) is 102 Å². The Morgan fingerprint density at radius 1 is 0.609 bits per heavy atom. The molecule has 1 aliphatic carbocycles. The zero-order chi connectivity index (χ0) is 32.7. The quantitative estimate of drug-likeness (QED) is 0.116. The summed E-state index contributed by atoms with van der Waals surface area (Å²) in [6, 6.07) is 32.3. The van der Waals surface area contributed by atoms with Gasteiger partial charge in [-0.1, -0.05) is 114 Å². The topological polar surface area (TPSA) is 52.0 Å². The molecule has 0 radical (unpaired) electrons. The molecule has 4 N–H and O–H groups in total. The Morgan fingerprint density at radius 3 is 1.46 bits per heavy atom. The van der Waals surface area contributed by atoms with Gasteiger partial charge in [-0.2, -0.15) is 0 Å². The van der Waals surface area contributed by atoms with E-state index in [2.05, 4.69) is 120 Å². The van der Waals surface area contributed by atoms with Crippen LogP contribution in [0.4, 0.5) is 11.4 Å². The van der Waals surface area contributed by atoms with Crippen LogP contribution in [0.5, 0.6) is 0 Å². The van der Waals surface area contributed by atoms with Crippen molar-refractivity contribution in [2.24, 2.45) is 5.92 Å². The largest absolute Gasteiger partial charge is 0.399 e. The summed E-state index contributed by atoms with van der Waals surface area (Å²) in [6.07, 6.45) is 14.1. The van der Waals surface area contributed by atoms with Crippen molar-refractivity contribution in [3.63, 3.8) is 0 Å². The van der Waals surface area contributed by atoms with E-state index in [0.717, 1.165) is 30.1 Å². The van der Waals surface area contributed by atoms with Crippen molar-refractivity contribution in [1.82, 2.24) is 0 Å². The molecule has 1 saturated carbocycles. The third kappa shape index (κ3) is 7.38.